The normalized spacial score (nSPS) is 21.7. The molecule has 130 valence electrons. The highest BCUT2D eigenvalue weighted by Crippen LogP contribution is 2.34. The van der Waals surface area contributed by atoms with Crippen molar-refractivity contribution in [2.24, 2.45) is 5.92 Å². The van der Waals surface area contributed by atoms with E-state index < -0.39 is 17.7 Å². The highest BCUT2D eigenvalue weighted by Gasteiger charge is 2.36. The molecule has 1 aromatic rings. The molecular weight excluding hydrogens is 321 g/mol. The van der Waals surface area contributed by atoms with Crippen LogP contribution < -0.4 is 10.2 Å². The van der Waals surface area contributed by atoms with Crippen molar-refractivity contribution in [3.63, 3.8) is 0 Å². The van der Waals surface area contributed by atoms with Gasteiger partial charge in [-0.3, -0.25) is 9.59 Å². The van der Waals surface area contributed by atoms with Crippen molar-refractivity contribution >= 4 is 17.5 Å². The molecule has 0 spiro atoms. The summed E-state index contributed by atoms with van der Waals surface area (Å²) in [4.78, 5) is 25.7. The number of amides is 2. The van der Waals surface area contributed by atoms with Crippen LogP contribution in [0.3, 0.4) is 0 Å². The zero-order chi connectivity index (χ0) is 17.3. The van der Waals surface area contributed by atoms with Gasteiger partial charge < -0.3 is 10.2 Å². The quantitative estimate of drug-likeness (QED) is 0.916. The molecule has 2 fully saturated rings. The minimum absolute atomic E-state index is 0.102. The van der Waals surface area contributed by atoms with Crippen LogP contribution >= 0.6 is 0 Å². The SMILES string of the molecule is O=C(CC1CCN(c2cccc(C(F)(F)F)c2)C1=O)NC1CCC1. The largest absolute Gasteiger partial charge is 0.416 e. The highest BCUT2D eigenvalue weighted by atomic mass is 19.4. The number of halogens is 3. The molecule has 7 heteroatoms. The smallest absolute Gasteiger partial charge is 0.353 e. The van der Waals surface area contributed by atoms with Crippen molar-refractivity contribution in [3.8, 4) is 0 Å². The van der Waals surface area contributed by atoms with E-state index in [2.05, 4.69) is 5.32 Å². The molecule has 24 heavy (non-hydrogen) atoms. The second-order valence-electron chi connectivity index (χ2n) is 6.42. The molecule has 2 aliphatic rings. The lowest BCUT2D eigenvalue weighted by molar-refractivity contribution is -0.137. The second-order valence-corrected chi connectivity index (χ2v) is 6.42. The fourth-order valence-electron chi connectivity index (χ4n) is 3.10. The Bertz CT molecular complexity index is 641. The van der Waals surface area contributed by atoms with E-state index in [1.165, 1.54) is 17.0 Å². The Balaban J connectivity index is 1.64. The van der Waals surface area contributed by atoms with Crippen molar-refractivity contribution in [1.82, 2.24) is 5.32 Å². The van der Waals surface area contributed by atoms with E-state index in [4.69, 9.17) is 0 Å². The lowest BCUT2D eigenvalue weighted by Gasteiger charge is -2.26. The molecule has 1 saturated carbocycles. The van der Waals surface area contributed by atoms with Gasteiger partial charge in [-0.05, 0) is 43.9 Å². The molecule has 1 aliphatic carbocycles. The summed E-state index contributed by atoms with van der Waals surface area (Å²) in [5.41, 5.74) is -0.546. The van der Waals surface area contributed by atoms with Gasteiger partial charge in [-0.1, -0.05) is 6.07 Å². The second kappa shape index (κ2) is 6.45. The molecule has 1 N–H and O–H groups in total. The topological polar surface area (TPSA) is 49.4 Å². The van der Waals surface area contributed by atoms with Crippen LogP contribution in [-0.2, 0) is 15.8 Å². The molecule has 1 aliphatic heterocycles. The summed E-state index contributed by atoms with van der Waals surface area (Å²) < 4.78 is 38.4. The van der Waals surface area contributed by atoms with Crippen LogP contribution in [0.15, 0.2) is 24.3 Å². The van der Waals surface area contributed by atoms with Gasteiger partial charge in [0, 0.05) is 30.6 Å². The van der Waals surface area contributed by atoms with Gasteiger partial charge in [-0.15, -0.1) is 0 Å². The van der Waals surface area contributed by atoms with Crippen LogP contribution in [-0.4, -0.2) is 24.4 Å². The zero-order valence-corrected chi connectivity index (χ0v) is 13.1. The van der Waals surface area contributed by atoms with Crippen LogP contribution in [0.1, 0.15) is 37.7 Å². The third kappa shape index (κ3) is 3.55. The van der Waals surface area contributed by atoms with Crippen molar-refractivity contribution in [2.75, 3.05) is 11.4 Å². The Kier molecular flexibility index (Phi) is 4.51. The van der Waals surface area contributed by atoms with E-state index in [9.17, 15) is 22.8 Å². The maximum atomic E-state index is 12.8. The number of nitrogens with zero attached hydrogens (tertiary/aromatic N) is 1. The third-order valence-electron chi connectivity index (χ3n) is 4.70. The summed E-state index contributed by atoms with van der Waals surface area (Å²) in [6, 6.07) is 4.96. The molecule has 1 atom stereocenters. The first kappa shape index (κ1) is 16.8. The first-order valence-electron chi connectivity index (χ1n) is 8.12. The molecule has 0 bridgehead atoms. The first-order chi connectivity index (χ1) is 11.3. The van der Waals surface area contributed by atoms with Gasteiger partial charge >= 0.3 is 6.18 Å². The molecule has 1 saturated heterocycles. The predicted octanol–water partition coefficient (Wildman–Crippen LogP) is 3.12. The van der Waals surface area contributed by atoms with Crippen molar-refractivity contribution in [3.05, 3.63) is 29.8 Å². The van der Waals surface area contributed by atoms with E-state index in [1.54, 1.807) is 0 Å². The number of alkyl halides is 3. The third-order valence-corrected chi connectivity index (χ3v) is 4.70. The number of benzene rings is 1. The average molecular weight is 340 g/mol. The summed E-state index contributed by atoms with van der Waals surface area (Å²) in [5.74, 6) is -0.887. The van der Waals surface area contributed by atoms with Crippen LogP contribution in [0.5, 0.6) is 0 Å². The van der Waals surface area contributed by atoms with Crippen molar-refractivity contribution < 1.29 is 22.8 Å². The van der Waals surface area contributed by atoms with E-state index in [-0.39, 0.29) is 30.0 Å². The molecule has 1 unspecified atom stereocenters. The van der Waals surface area contributed by atoms with Gasteiger partial charge in [0.25, 0.3) is 0 Å². The molecule has 1 heterocycles. The lowest BCUT2D eigenvalue weighted by atomic mass is 9.92. The number of anilines is 1. The van der Waals surface area contributed by atoms with Crippen LogP contribution in [0.4, 0.5) is 18.9 Å². The Morgan fingerprint density at radius 2 is 2.00 bits per heavy atom. The number of hydrogen-bond donors (Lipinski definition) is 1. The van der Waals surface area contributed by atoms with E-state index in [1.807, 2.05) is 0 Å². The molecule has 1 aromatic carbocycles. The van der Waals surface area contributed by atoms with Crippen molar-refractivity contribution in [2.45, 2.75) is 44.3 Å². The fourth-order valence-corrected chi connectivity index (χ4v) is 3.10. The summed E-state index contributed by atoms with van der Waals surface area (Å²) in [6.45, 7) is 0.335. The molecule has 0 aromatic heterocycles. The zero-order valence-electron chi connectivity index (χ0n) is 13.1. The lowest BCUT2D eigenvalue weighted by Crippen LogP contribution is -2.40. The van der Waals surface area contributed by atoms with Gasteiger partial charge in [0.2, 0.25) is 11.8 Å². The summed E-state index contributed by atoms with van der Waals surface area (Å²) in [7, 11) is 0. The van der Waals surface area contributed by atoms with Crippen LogP contribution in [0.2, 0.25) is 0 Å². The average Bonchev–Trinajstić information content (AvgIpc) is 2.83. The van der Waals surface area contributed by atoms with Crippen molar-refractivity contribution in [1.29, 1.82) is 0 Å². The van der Waals surface area contributed by atoms with Gasteiger partial charge in [0.15, 0.2) is 0 Å². The summed E-state index contributed by atoms with van der Waals surface area (Å²) in [6.07, 6.45) is -0.809. The minimum atomic E-state index is -4.44. The van der Waals surface area contributed by atoms with Crippen LogP contribution in [0.25, 0.3) is 0 Å². The fraction of sp³-hybridized carbons (Fsp3) is 0.529. The Labute approximate surface area is 138 Å². The Morgan fingerprint density at radius 1 is 1.25 bits per heavy atom. The number of carbonyl (C=O) groups is 2. The predicted molar refractivity (Wildman–Crippen MR) is 82.3 cm³/mol. The first-order valence-corrected chi connectivity index (χ1v) is 8.12. The van der Waals surface area contributed by atoms with Gasteiger partial charge in [0.05, 0.1) is 5.56 Å². The standard InChI is InChI=1S/C17H19F3N2O2/c18-17(19,20)12-3-1-6-14(10-12)22-8-7-11(16(22)24)9-15(23)21-13-4-2-5-13/h1,3,6,10-11,13H,2,4-5,7-9H2,(H,21,23). The monoisotopic (exact) mass is 340 g/mol. The van der Waals surface area contributed by atoms with E-state index in [0.717, 1.165) is 31.4 Å². The highest BCUT2D eigenvalue weighted by molar-refractivity contribution is 5.99. The van der Waals surface area contributed by atoms with Crippen LogP contribution in [0, 0.1) is 5.92 Å². The minimum Gasteiger partial charge on any atom is -0.353 e. The molecule has 2 amide bonds. The molecule has 0 radical (unpaired) electrons. The maximum absolute atomic E-state index is 12.8. The number of nitrogens with one attached hydrogen (secondary N) is 1. The van der Waals surface area contributed by atoms with E-state index in [0.29, 0.717) is 13.0 Å². The number of hydrogen-bond acceptors (Lipinski definition) is 2. The summed E-state index contributed by atoms with van der Waals surface area (Å²) in [5, 5.41) is 2.89. The molecular formula is C17H19F3N2O2. The number of rotatable bonds is 4. The van der Waals surface area contributed by atoms with Gasteiger partial charge in [-0.25, -0.2) is 0 Å². The van der Waals surface area contributed by atoms with Gasteiger partial charge in [0.1, 0.15) is 0 Å². The Hall–Kier alpha value is -2.05. The number of carbonyl (C=O) groups excluding carboxylic acids is 2. The van der Waals surface area contributed by atoms with E-state index >= 15 is 0 Å². The molecule has 4 nitrogen and oxygen atoms in total. The molecule has 3 rings (SSSR count). The summed E-state index contributed by atoms with van der Waals surface area (Å²) >= 11 is 0. The Morgan fingerprint density at radius 3 is 2.62 bits per heavy atom. The maximum Gasteiger partial charge on any atom is 0.416 e. The van der Waals surface area contributed by atoms with Gasteiger partial charge in [-0.2, -0.15) is 13.2 Å².